The lowest BCUT2D eigenvalue weighted by atomic mass is 9.99. The van der Waals surface area contributed by atoms with Gasteiger partial charge in [0.2, 0.25) is 0 Å². The van der Waals surface area contributed by atoms with Crippen LogP contribution >= 0.6 is 22.9 Å². The Bertz CT molecular complexity index is 1210. The Balaban J connectivity index is 1.98. The number of rotatable bonds is 6. The molecule has 3 heterocycles. The molecule has 0 fully saturated rings. The molecule has 1 unspecified atom stereocenters. The number of hydrogen-bond acceptors (Lipinski definition) is 4. The highest BCUT2D eigenvalue weighted by molar-refractivity contribution is 7.13. The second kappa shape index (κ2) is 8.68. The molecular weight excluding hydrogens is 468 g/mol. The molecular formula is C21H17ClF4N4OS. The fourth-order valence-electron chi connectivity index (χ4n) is 3.49. The Kier molecular flexibility index (Phi) is 6.11. The van der Waals surface area contributed by atoms with Gasteiger partial charge >= 0.3 is 6.18 Å². The molecule has 11 heteroatoms. The zero-order valence-corrected chi connectivity index (χ0v) is 18.2. The molecule has 0 saturated carbocycles. The molecule has 0 amide bonds. The van der Waals surface area contributed by atoms with E-state index in [9.17, 15) is 22.7 Å². The Morgan fingerprint density at radius 1 is 1.25 bits per heavy atom. The second-order valence-electron chi connectivity index (χ2n) is 7.04. The average Bonchev–Trinajstić information content (AvgIpc) is 3.46. The van der Waals surface area contributed by atoms with Crippen LogP contribution in [-0.2, 0) is 12.7 Å². The normalized spacial score (nSPS) is 13.0. The van der Waals surface area contributed by atoms with Gasteiger partial charge in [0.05, 0.1) is 29.6 Å². The van der Waals surface area contributed by atoms with Crippen LogP contribution in [0.4, 0.5) is 17.6 Å². The SMILES string of the molecule is CCC(O)Cn1ncc(-c2[nH]cc(-c3c(F)cccc3Cl)c2-c2nccs2)c1C(F)(F)F. The number of thiazole rings is 1. The van der Waals surface area contributed by atoms with Crippen LogP contribution in [0.1, 0.15) is 19.0 Å². The summed E-state index contributed by atoms with van der Waals surface area (Å²) in [5.74, 6) is -0.612. The number of aromatic nitrogens is 4. The third kappa shape index (κ3) is 4.05. The Morgan fingerprint density at radius 2 is 2.03 bits per heavy atom. The highest BCUT2D eigenvalue weighted by Crippen LogP contribution is 2.46. The summed E-state index contributed by atoms with van der Waals surface area (Å²) in [7, 11) is 0. The molecule has 5 nitrogen and oxygen atoms in total. The molecule has 0 spiro atoms. The number of aliphatic hydroxyl groups is 1. The maximum atomic E-state index is 14.7. The van der Waals surface area contributed by atoms with Crippen LogP contribution in [0.3, 0.4) is 0 Å². The van der Waals surface area contributed by atoms with Crippen molar-refractivity contribution in [2.45, 2.75) is 32.2 Å². The first kappa shape index (κ1) is 22.5. The minimum Gasteiger partial charge on any atom is -0.391 e. The molecule has 0 aliphatic heterocycles. The number of benzene rings is 1. The smallest absolute Gasteiger partial charge is 0.391 e. The highest BCUT2D eigenvalue weighted by Gasteiger charge is 2.40. The molecule has 3 aromatic heterocycles. The summed E-state index contributed by atoms with van der Waals surface area (Å²) in [6.07, 6.45) is -1.46. The number of nitrogens with zero attached hydrogens (tertiary/aromatic N) is 3. The van der Waals surface area contributed by atoms with Crippen LogP contribution in [0.25, 0.3) is 33.0 Å². The second-order valence-corrected chi connectivity index (χ2v) is 8.34. The minimum absolute atomic E-state index is 0.0595. The van der Waals surface area contributed by atoms with E-state index in [-0.39, 0.29) is 45.9 Å². The van der Waals surface area contributed by atoms with Crippen molar-refractivity contribution in [2.75, 3.05) is 0 Å². The predicted molar refractivity (Wildman–Crippen MR) is 115 cm³/mol. The molecule has 32 heavy (non-hydrogen) atoms. The van der Waals surface area contributed by atoms with Crippen molar-refractivity contribution in [1.82, 2.24) is 19.7 Å². The lowest BCUT2D eigenvalue weighted by Gasteiger charge is -2.15. The minimum atomic E-state index is -4.75. The number of aliphatic hydroxyl groups excluding tert-OH is 1. The molecule has 0 saturated heterocycles. The van der Waals surface area contributed by atoms with Gasteiger partial charge in [-0.05, 0) is 18.6 Å². The number of halogens is 5. The zero-order chi connectivity index (χ0) is 23.0. The van der Waals surface area contributed by atoms with E-state index in [4.69, 9.17) is 11.6 Å². The number of alkyl halides is 3. The molecule has 0 aliphatic rings. The molecule has 0 bridgehead atoms. The van der Waals surface area contributed by atoms with Crippen LogP contribution in [0, 0.1) is 5.82 Å². The summed E-state index contributed by atoms with van der Waals surface area (Å²) in [5, 5.41) is 16.0. The van der Waals surface area contributed by atoms with Crippen LogP contribution in [0.15, 0.2) is 42.2 Å². The summed E-state index contributed by atoms with van der Waals surface area (Å²) >= 11 is 7.44. The van der Waals surface area contributed by atoms with Crippen molar-refractivity contribution in [3.05, 3.63) is 58.7 Å². The molecule has 168 valence electrons. The fraction of sp³-hybridized carbons (Fsp3) is 0.238. The first-order valence-electron chi connectivity index (χ1n) is 9.59. The number of hydrogen-bond donors (Lipinski definition) is 2. The van der Waals surface area contributed by atoms with Gasteiger partial charge in [-0.15, -0.1) is 11.3 Å². The summed E-state index contributed by atoms with van der Waals surface area (Å²) in [4.78, 5) is 7.09. The van der Waals surface area contributed by atoms with Crippen LogP contribution in [0.5, 0.6) is 0 Å². The van der Waals surface area contributed by atoms with Crippen molar-refractivity contribution in [1.29, 1.82) is 0 Å². The first-order chi connectivity index (χ1) is 15.2. The molecule has 0 aliphatic carbocycles. The Labute approximate surface area is 189 Å². The zero-order valence-electron chi connectivity index (χ0n) is 16.6. The topological polar surface area (TPSA) is 66.7 Å². The van der Waals surface area contributed by atoms with Gasteiger partial charge in [0, 0.05) is 40.0 Å². The standard InChI is InChI=1S/C21H17ClF4N4OS/c1-2-11(31)10-30-19(21(24,25)26)13(9-29-30)18-17(20-27-6-7-32-20)12(8-28-18)16-14(22)4-3-5-15(16)23/h3-9,11,28,31H,2,10H2,1H3. The molecule has 2 N–H and O–H groups in total. The third-order valence-electron chi connectivity index (χ3n) is 4.99. The summed E-state index contributed by atoms with van der Waals surface area (Å²) in [5.41, 5.74) is -0.538. The van der Waals surface area contributed by atoms with E-state index in [1.807, 2.05) is 0 Å². The van der Waals surface area contributed by atoms with Crippen molar-refractivity contribution < 1.29 is 22.7 Å². The lowest BCUT2D eigenvalue weighted by molar-refractivity contribution is -0.144. The van der Waals surface area contributed by atoms with E-state index >= 15 is 0 Å². The van der Waals surface area contributed by atoms with E-state index in [0.29, 0.717) is 5.01 Å². The summed E-state index contributed by atoms with van der Waals surface area (Å²) in [6, 6.07) is 4.18. The van der Waals surface area contributed by atoms with Gasteiger partial charge in [-0.1, -0.05) is 24.6 Å². The number of aromatic amines is 1. The van der Waals surface area contributed by atoms with Crippen LogP contribution < -0.4 is 0 Å². The monoisotopic (exact) mass is 484 g/mol. The van der Waals surface area contributed by atoms with Crippen molar-refractivity contribution >= 4 is 22.9 Å². The molecule has 4 aromatic rings. The van der Waals surface area contributed by atoms with Crippen LogP contribution in [0.2, 0.25) is 5.02 Å². The number of nitrogens with one attached hydrogen (secondary N) is 1. The molecule has 4 rings (SSSR count). The van der Waals surface area contributed by atoms with E-state index in [0.717, 1.165) is 10.9 Å². The van der Waals surface area contributed by atoms with E-state index in [1.165, 1.54) is 41.9 Å². The predicted octanol–water partition coefficient (Wildman–Crippen LogP) is 6.25. The lowest BCUT2D eigenvalue weighted by Crippen LogP contribution is -2.22. The molecule has 1 aromatic carbocycles. The van der Waals surface area contributed by atoms with Gasteiger partial charge in [0.1, 0.15) is 10.8 Å². The maximum absolute atomic E-state index is 14.7. The van der Waals surface area contributed by atoms with Crippen molar-refractivity contribution in [3.63, 3.8) is 0 Å². The van der Waals surface area contributed by atoms with Crippen LogP contribution in [-0.4, -0.2) is 31.0 Å². The van der Waals surface area contributed by atoms with E-state index < -0.39 is 23.8 Å². The van der Waals surface area contributed by atoms with Gasteiger partial charge in [0.25, 0.3) is 0 Å². The molecule has 0 radical (unpaired) electrons. The van der Waals surface area contributed by atoms with Crippen molar-refractivity contribution in [2.24, 2.45) is 0 Å². The highest BCUT2D eigenvalue weighted by atomic mass is 35.5. The van der Waals surface area contributed by atoms with Gasteiger partial charge < -0.3 is 10.1 Å². The average molecular weight is 485 g/mol. The van der Waals surface area contributed by atoms with E-state index in [1.54, 1.807) is 12.3 Å². The Hall–Kier alpha value is -2.69. The first-order valence-corrected chi connectivity index (χ1v) is 10.8. The third-order valence-corrected chi connectivity index (χ3v) is 6.10. The summed E-state index contributed by atoms with van der Waals surface area (Å²) in [6.45, 7) is 1.35. The largest absolute Gasteiger partial charge is 0.433 e. The van der Waals surface area contributed by atoms with Gasteiger partial charge in [0.15, 0.2) is 5.69 Å². The number of H-pyrrole nitrogens is 1. The van der Waals surface area contributed by atoms with Crippen molar-refractivity contribution in [3.8, 4) is 33.0 Å². The summed E-state index contributed by atoms with van der Waals surface area (Å²) < 4.78 is 57.6. The maximum Gasteiger partial charge on any atom is 0.433 e. The van der Waals surface area contributed by atoms with Gasteiger partial charge in [-0.2, -0.15) is 18.3 Å². The van der Waals surface area contributed by atoms with E-state index in [2.05, 4.69) is 15.1 Å². The molecule has 1 atom stereocenters. The quantitative estimate of drug-likeness (QED) is 0.318. The van der Waals surface area contributed by atoms with Gasteiger partial charge in [-0.25, -0.2) is 9.37 Å². The van der Waals surface area contributed by atoms with Gasteiger partial charge in [-0.3, -0.25) is 4.68 Å². The fourth-order valence-corrected chi connectivity index (χ4v) is 4.46. The Morgan fingerprint density at radius 3 is 2.66 bits per heavy atom.